The topological polar surface area (TPSA) is 30.2 Å². The molecule has 2 aromatic carbocycles. The quantitative estimate of drug-likeness (QED) is 0.628. The van der Waals surface area contributed by atoms with Gasteiger partial charge in [-0.15, -0.1) is 0 Å². The molecule has 0 saturated carbocycles. The van der Waals surface area contributed by atoms with Crippen molar-refractivity contribution in [2.75, 3.05) is 0 Å². The van der Waals surface area contributed by atoms with E-state index in [0.29, 0.717) is 21.9 Å². The molecule has 2 nitrogen and oxygen atoms in total. The number of hydrogen-bond donors (Lipinski definition) is 0. The summed E-state index contributed by atoms with van der Waals surface area (Å²) in [6.07, 6.45) is 0.910. The van der Waals surface area contributed by atoms with Gasteiger partial charge in [0, 0.05) is 4.47 Å². The molecule has 0 N–H and O–H groups in total. The molecule has 0 aliphatic carbocycles. The van der Waals surface area contributed by atoms with Gasteiger partial charge in [-0.2, -0.15) is 0 Å². The van der Waals surface area contributed by atoms with Crippen LogP contribution >= 0.6 is 15.9 Å². The molecule has 1 heterocycles. The molecular formula is C15H11BrO2. The van der Waals surface area contributed by atoms with E-state index in [4.69, 9.17) is 4.42 Å². The van der Waals surface area contributed by atoms with Gasteiger partial charge in [0.05, 0.1) is 10.8 Å². The lowest BCUT2D eigenvalue weighted by molar-refractivity contribution is 0.659. The fraction of sp³-hybridized carbons (Fsp3) is 0.133. The Kier molecular flexibility index (Phi) is 2.71. The van der Waals surface area contributed by atoms with Gasteiger partial charge in [0.25, 0.3) is 0 Å². The number of rotatable bonds is 1. The van der Waals surface area contributed by atoms with E-state index in [1.165, 1.54) is 0 Å². The van der Waals surface area contributed by atoms with Crippen LogP contribution in [0.1, 0.15) is 12.5 Å². The highest BCUT2D eigenvalue weighted by atomic mass is 79.9. The average Bonchev–Trinajstić information content (AvgIpc) is 2.38. The molecule has 0 saturated heterocycles. The highest BCUT2D eigenvalue weighted by molar-refractivity contribution is 9.10. The van der Waals surface area contributed by atoms with Crippen LogP contribution in [0.3, 0.4) is 0 Å². The molecule has 90 valence electrons. The van der Waals surface area contributed by atoms with Gasteiger partial charge >= 0.3 is 0 Å². The van der Waals surface area contributed by atoms with E-state index in [9.17, 15) is 4.79 Å². The average molecular weight is 303 g/mol. The molecule has 0 amide bonds. The molecule has 0 spiro atoms. The summed E-state index contributed by atoms with van der Waals surface area (Å²) in [5.41, 5.74) is 2.44. The van der Waals surface area contributed by atoms with E-state index in [-0.39, 0.29) is 5.43 Å². The summed E-state index contributed by atoms with van der Waals surface area (Å²) in [6, 6.07) is 11.3. The predicted octanol–water partition coefficient (Wildman–Crippen LogP) is 4.27. The minimum Gasteiger partial charge on any atom is -0.456 e. The highest BCUT2D eigenvalue weighted by Crippen LogP contribution is 2.22. The zero-order chi connectivity index (χ0) is 12.7. The number of halogens is 1. The summed E-state index contributed by atoms with van der Waals surface area (Å²) in [5, 5.41) is 1.28. The van der Waals surface area contributed by atoms with Crippen molar-refractivity contribution in [1.29, 1.82) is 0 Å². The van der Waals surface area contributed by atoms with Crippen LogP contribution in [0.2, 0.25) is 0 Å². The Morgan fingerprint density at radius 3 is 2.67 bits per heavy atom. The first-order chi connectivity index (χ1) is 8.69. The first kappa shape index (κ1) is 11.5. The van der Waals surface area contributed by atoms with Crippen LogP contribution in [0.25, 0.3) is 21.9 Å². The summed E-state index contributed by atoms with van der Waals surface area (Å²) in [7, 11) is 0. The lowest BCUT2D eigenvalue weighted by atomic mass is 10.1. The molecule has 0 aliphatic heterocycles. The molecule has 18 heavy (non-hydrogen) atoms. The molecule has 0 unspecified atom stereocenters. The van der Waals surface area contributed by atoms with Crippen molar-refractivity contribution in [3.8, 4) is 0 Å². The SMILES string of the molecule is CCc1ccc2oc3cc(Br)ccc3c(=O)c2c1. The monoisotopic (exact) mass is 302 g/mol. The summed E-state index contributed by atoms with van der Waals surface area (Å²) >= 11 is 3.38. The molecule has 1 aromatic heterocycles. The first-order valence-corrected chi connectivity index (χ1v) is 6.63. The summed E-state index contributed by atoms with van der Waals surface area (Å²) < 4.78 is 6.68. The van der Waals surface area contributed by atoms with Crippen molar-refractivity contribution < 1.29 is 4.42 Å². The predicted molar refractivity (Wildman–Crippen MR) is 77.1 cm³/mol. The Labute approximate surface area is 112 Å². The molecule has 0 atom stereocenters. The zero-order valence-electron chi connectivity index (χ0n) is 9.87. The maximum Gasteiger partial charge on any atom is 0.200 e. The minimum atomic E-state index is 0.0362. The van der Waals surface area contributed by atoms with Crippen LogP contribution < -0.4 is 5.43 Å². The van der Waals surface area contributed by atoms with Gasteiger partial charge < -0.3 is 4.42 Å². The van der Waals surface area contributed by atoms with Crippen LogP contribution in [0, 0.1) is 0 Å². The summed E-state index contributed by atoms with van der Waals surface area (Å²) in [4.78, 5) is 12.4. The van der Waals surface area contributed by atoms with Crippen LogP contribution in [0.4, 0.5) is 0 Å². The van der Waals surface area contributed by atoms with Crippen LogP contribution in [-0.4, -0.2) is 0 Å². The second kappa shape index (κ2) is 4.25. The Hall–Kier alpha value is -1.61. The lowest BCUT2D eigenvalue weighted by Crippen LogP contribution is -2.02. The zero-order valence-corrected chi connectivity index (χ0v) is 11.5. The Morgan fingerprint density at radius 2 is 1.89 bits per heavy atom. The van der Waals surface area contributed by atoms with Crippen LogP contribution in [0.5, 0.6) is 0 Å². The van der Waals surface area contributed by atoms with E-state index in [1.807, 2.05) is 30.3 Å². The molecule has 3 aromatic rings. The van der Waals surface area contributed by atoms with Gasteiger partial charge in [-0.3, -0.25) is 4.79 Å². The van der Waals surface area contributed by atoms with Gasteiger partial charge in [0.1, 0.15) is 11.2 Å². The van der Waals surface area contributed by atoms with Gasteiger partial charge in [0.2, 0.25) is 5.43 Å². The third-order valence-corrected chi connectivity index (χ3v) is 3.60. The fourth-order valence-electron chi connectivity index (χ4n) is 2.10. The van der Waals surface area contributed by atoms with Crippen molar-refractivity contribution in [1.82, 2.24) is 0 Å². The molecule has 0 aliphatic rings. The van der Waals surface area contributed by atoms with E-state index in [2.05, 4.69) is 22.9 Å². The Morgan fingerprint density at radius 1 is 1.06 bits per heavy atom. The largest absolute Gasteiger partial charge is 0.456 e. The normalized spacial score (nSPS) is 11.2. The summed E-state index contributed by atoms with van der Waals surface area (Å²) in [5.74, 6) is 0. The van der Waals surface area contributed by atoms with Gasteiger partial charge in [-0.25, -0.2) is 0 Å². The van der Waals surface area contributed by atoms with Gasteiger partial charge in [-0.05, 0) is 42.3 Å². The fourth-order valence-corrected chi connectivity index (χ4v) is 2.44. The maximum atomic E-state index is 12.4. The molecule has 0 bridgehead atoms. The van der Waals surface area contributed by atoms with Gasteiger partial charge in [-0.1, -0.05) is 28.9 Å². The third-order valence-electron chi connectivity index (χ3n) is 3.11. The third kappa shape index (κ3) is 1.75. The van der Waals surface area contributed by atoms with Crippen molar-refractivity contribution in [3.63, 3.8) is 0 Å². The van der Waals surface area contributed by atoms with Crippen molar-refractivity contribution in [2.24, 2.45) is 0 Å². The lowest BCUT2D eigenvalue weighted by Gasteiger charge is -2.03. The number of aryl methyl sites for hydroxylation is 1. The number of fused-ring (bicyclic) bond motifs is 2. The molecule has 0 radical (unpaired) electrons. The standard InChI is InChI=1S/C15H11BrO2/c1-2-9-3-6-13-12(7-9)15(17)11-5-4-10(16)8-14(11)18-13/h3-8H,2H2,1H3. The second-order valence-electron chi connectivity index (χ2n) is 4.26. The van der Waals surface area contributed by atoms with E-state index in [1.54, 1.807) is 6.07 Å². The van der Waals surface area contributed by atoms with E-state index < -0.39 is 0 Å². The van der Waals surface area contributed by atoms with E-state index >= 15 is 0 Å². The first-order valence-electron chi connectivity index (χ1n) is 5.84. The van der Waals surface area contributed by atoms with Crippen molar-refractivity contribution in [2.45, 2.75) is 13.3 Å². The maximum absolute atomic E-state index is 12.4. The second-order valence-corrected chi connectivity index (χ2v) is 5.17. The van der Waals surface area contributed by atoms with Crippen LogP contribution in [0.15, 0.2) is 50.1 Å². The van der Waals surface area contributed by atoms with Gasteiger partial charge in [0.15, 0.2) is 0 Å². The van der Waals surface area contributed by atoms with Crippen molar-refractivity contribution in [3.05, 3.63) is 56.7 Å². The molecule has 0 fully saturated rings. The minimum absolute atomic E-state index is 0.0362. The number of hydrogen-bond acceptors (Lipinski definition) is 2. The Bertz CT molecular complexity index is 803. The number of benzene rings is 2. The molecule has 3 heteroatoms. The highest BCUT2D eigenvalue weighted by Gasteiger charge is 2.08. The van der Waals surface area contributed by atoms with Crippen LogP contribution in [-0.2, 0) is 6.42 Å². The van der Waals surface area contributed by atoms with Crippen molar-refractivity contribution >= 4 is 37.9 Å². The summed E-state index contributed by atoms with van der Waals surface area (Å²) in [6.45, 7) is 2.07. The molecule has 3 rings (SSSR count). The smallest absolute Gasteiger partial charge is 0.200 e. The Balaban J connectivity index is 2.48. The van der Waals surface area contributed by atoms with E-state index in [0.717, 1.165) is 16.5 Å². The molecular weight excluding hydrogens is 292 g/mol.